The highest BCUT2D eigenvalue weighted by molar-refractivity contribution is 5.77. The molecule has 2 aromatic rings. The predicted molar refractivity (Wildman–Crippen MR) is 105 cm³/mol. The topological polar surface area (TPSA) is 32.3 Å². The number of amides is 1. The van der Waals surface area contributed by atoms with Gasteiger partial charge in [-0.25, -0.2) is 4.39 Å². The van der Waals surface area contributed by atoms with Crippen molar-refractivity contribution in [1.82, 2.24) is 10.2 Å². The van der Waals surface area contributed by atoms with Crippen molar-refractivity contribution in [2.45, 2.75) is 38.1 Å². The lowest BCUT2D eigenvalue weighted by atomic mass is 9.87. The first-order chi connectivity index (χ1) is 13.2. The summed E-state index contributed by atoms with van der Waals surface area (Å²) >= 11 is 0. The van der Waals surface area contributed by atoms with Gasteiger partial charge in [0.05, 0.1) is 6.04 Å². The van der Waals surface area contributed by atoms with E-state index in [1.165, 1.54) is 36.1 Å². The van der Waals surface area contributed by atoms with Crippen LogP contribution in [0.15, 0.2) is 48.5 Å². The quantitative estimate of drug-likeness (QED) is 0.884. The normalized spacial score (nSPS) is 22.3. The summed E-state index contributed by atoms with van der Waals surface area (Å²) in [6.07, 6.45) is 4.83. The Labute approximate surface area is 160 Å². The molecule has 3 nitrogen and oxygen atoms in total. The maximum atomic E-state index is 13.4. The molecule has 2 aromatic carbocycles. The summed E-state index contributed by atoms with van der Waals surface area (Å²) in [6, 6.07) is 14.8. The van der Waals surface area contributed by atoms with Gasteiger partial charge >= 0.3 is 0 Å². The first-order valence-electron chi connectivity index (χ1n) is 10.1. The third-order valence-corrected chi connectivity index (χ3v) is 5.95. The van der Waals surface area contributed by atoms with Gasteiger partial charge in [-0.05, 0) is 73.5 Å². The number of carbonyl (C=O) groups excluding carboxylic acids is 1. The Bertz CT molecular complexity index is 783. The number of carbonyl (C=O) groups is 1. The van der Waals surface area contributed by atoms with Crippen molar-refractivity contribution in [1.29, 1.82) is 0 Å². The van der Waals surface area contributed by atoms with Crippen LogP contribution >= 0.6 is 0 Å². The van der Waals surface area contributed by atoms with Gasteiger partial charge in [-0.2, -0.15) is 0 Å². The summed E-state index contributed by atoms with van der Waals surface area (Å²) in [6.45, 7) is 2.85. The fourth-order valence-corrected chi connectivity index (χ4v) is 4.48. The smallest absolute Gasteiger partial charge is 0.223 e. The van der Waals surface area contributed by atoms with Crippen LogP contribution in [0.5, 0.6) is 0 Å². The molecule has 2 aliphatic rings. The summed E-state index contributed by atoms with van der Waals surface area (Å²) < 4.78 is 13.4. The molecule has 1 amide bonds. The number of nitrogens with one attached hydrogen (secondary N) is 1. The highest BCUT2D eigenvalue weighted by Crippen LogP contribution is 2.36. The van der Waals surface area contributed by atoms with E-state index in [1.807, 2.05) is 29.2 Å². The Morgan fingerprint density at radius 3 is 2.74 bits per heavy atom. The Morgan fingerprint density at radius 1 is 1.15 bits per heavy atom. The van der Waals surface area contributed by atoms with Crippen molar-refractivity contribution in [3.8, 4) is 0 Å². The monoisotopic (exact) mass is 366 g/mol. The van der Waals surface area contributed by atoms with Crippen LogP contribution in [-0.4, -0.2) is 30.4 Å². The van der Waals surface area contributed by atoms with Crippen LogP contribution in [-0.2, 0) is 11.2 Å². The zero-order valence-electron chi connectivity index (χ0n) is 15.7. The molecule has 2 heterocycles. The molecule has 0 aliphatic carbocycles. The predicted octanol–water partition coefficient (Wildman–Crippen LogP) is 4.08. The van der Waals surface area contributed by atoms with Crippen LogP contribution in [0.2, 0.25) is 0 Å². The SMILES string of the molecule is O=C(CC[C@@H]1CCCNC1)N1CCc2ccccc2[C@@H]1c1ccc(F)cc1. The lowest BCUT2D eigenvalue weighted by molar-refractivity contribution is -0.133. The minimum atomic E-state index is -0.245. The van der Waals surface area contributed by atoms with E-state index in [2.05, 4.69) is 17.4 Å². The highest BCUT2D eigenvalue weighted by Gasteiger charge is 2.32. The summed E-state index contributed by atoms with van der Waals surface area (Å²) in [5.74, 6) is 0.568. The van der Waals surface area contributed by atoms with Crippen LogP contribution in [0.3, 0.4) is 0 Å². The molecule has 0 spiro atoms. The first kappa shape index (κ1) is 18.2. The zero-order valence-corrected chi connectivity index (χ0v) is 15.7. The van der Waals surface area contributed by atoms with Gasteiger partial charge in [0.2, 0.25) is 5.91 Å². The van der Waals surface area contributed by atoms with Gasteiger partial charge in [0.1, 0.15) is 5.82 Å². The Balaban J connectivity index is 1.56. The molecule has 1 N–H and O–H groups in total. The molecule has 0 radical (unpaired) electrons. The largest absolute Gasteiger partial charge is 0.331 e. The molecular formula is C23H27FN2O. The van der Waals surface area contributed by atoms with Crippen molar-refractivity contribution >= 4 is 5.91 Å². The van der Waals surface area contributed by atoms with E-state index in [0.29, 0.717) is 12.3 Å². The molecule has 142 valence electrons. The lowest BCUT2D eigenvalue weighted by Crippen LogP contribution is -2.41. The number of rotatable bonds is 4. The van der Waals surface area contributed by atoms with Crippen LogP contribution in [0.4, 0.5) is 4.39 Å². The molecule has 0 aromatic heterocycles. The van der Waals surface area contributed by atoms with Crippen LogP contribution < -0.4 is 5.32 Å². The summed E-state index contributed by atoms with van der Waals surface area (Å²) in [7, 11) is 0. The Morgan fingerprint density at radius 2 is 1.96 bits per heavy atom. The maximum Gasteiger partial charge on any atom is 0.223 e. The second kappa shape index (κ2) is 8.22. The van der Waals surface area contributed by atoms with E-state index in [0.717, 1.165) is 38.0 Å². The van der Waals surface area contributed by atoms with E-state index in [4.69, 9.17) is 0 Å². The summed E-state index contributed by atoms with van der Waals surface area (Å²) in [5.41, 5.74) is 3.44. The molecule has 2 aliphatic heterocycles. The molecule has 2 atom stereocenters. The molecule has 1 saturated heterocycles. The average molecular weight is 366 g/mol. The van der Waals surface area contributed by atoms with Gasteiger partial charge in [0, 0.05) is 13.0 Å². The third-order valence-electron chi connectivity index (χ3n) is 5.95. The summed E-state index contributed by atoms with van der Waals surface area (Å²) in [4.78, 5) is 15.1. The second-order valence-corrected chi connectivity index (χ2v) is 7.74. The molecule has 4 rings (SSSR count). The molecular weight excluding hydrogens is 339 g/mol. The van der Waals surface area contributed by atoms with Gasteiger partial charge in [-0.3, -0.25) is 4.79 Å². The maximum absolute atomic E-state index is 13.4. The van der Waals surface area contributed by atoms with Gasteiger partial charge in [0.25, 0.3) is 0 Å². The minimum absolute atomic E-state index is 0.118. The highest BCUT2D eigenvalue weighted by atomic mass is 19.1. The summed E-state index contributed by atoms with van der Waals surface area (Å²) in [5, 5.41) is 3.43. The van der Waals surface area contributed by atoms with Crippen molar-refractivity contribution < 1.29 is 9.18 Å². The molecule has 0 bridgehead atoms. The number of fused-ring (bicyclic) bond motifs is 1. The fraction of sp³-hybridized carbons (Fsp3) is 0.435. The number of benzene rings is 2. The van der Waals surface area contributed by atoms with Gasteiger partial charge < -0.3 is 10.2 Å². The van der Waals surface area contributed by atoms with E-state index < -0.39 is 0 Å². The van der Waals surface area contributed by atoms with Crippen molar-refractivity contribution in [3.63, 3.8) is 0 Å². The van der Waals surface area contributed by atoms with E-state index in [-0.39, 0.29) is 17.8 Å². The van der Waals surface area contributed by atoms with Crippen molar-refractivity contribution in [3.05, 3.63) is 71.0 Å². The second-order valence-electron chi connectivity index (χ2n) is 7.74. The average Bonchev–Trinajstić information content (AvgIpc) is 2.72. The number of halogens is 1. The van der Waals surface area contributed by atoms with Crippen LogP contribution in [0, 0.1) is 11.7 Å². The first-order valence-corrected chi connectivity index (χ1v) is 10.1. The van der Waals surface area contributed by atoms with Crippen LogP contribution in [0.25, 0.3) is 0 Å². The van der Waals surface area contributed by atoms with Crippen molar-refractivity contribution in [2.75, 3.05) is 19.6 Å². The van der Waals surface area contributed by atoms with Gasteiger partial charge in [-0.1, -0.05) is 36.4 Å². The zero-order chi connectivity index (χ0) is 18.6. The van der Waals surface area contributed by atoms with Gasteiger partial charge in [-0.15, -0.1) is 0 Å². The molecule has 27 heavy (non-hydrogen) atoms. The number of piperidine rings is 1. The number of hydrogen-bond donors (Lipinski definition) is 1. The molecule has 0 unspecified atom stereocenters. The van der Waals surface area contributed by atoms with E-state index >= 15 is 0 Å². The van der Waals surface area contributed by atoms with Crippen molar-refractivity contribution in [2.24, 2.45) is 5.92 Å². The molecule has 4 heteroatoms. The van der Waals surface area contributed by atoms with Gasteiger partial charge in [0.15, 0.2) is 0 Å². The Kier molecular flexibility index (Phi) is 5.53. The lowest BCUT2D eigenvalue weighted by Gasteiger charge is -2.38. The number of hydrogen-bond acceptors (Lipinski definition) is 2. The molecule has 0 saturated carbocycles. The molecule has 1 fully saturated rings. The Hall–Kier alpha value is -2.20. The fourth-order valence-electron chi connectivity index (χ4n) is 4.48. The van der Waals surface area contributed by atoms with Crippen LogP contribution in [0.1, 0.15) is 48.4 Å². The number of nitrogens with zero attached hydrogens (tertiary/aromatic N) is 1. The van der Waals surface area contributed by atoms with E-state index in [9.17, 15) is 9.18 Å². The minimum Gasteiger partial charge on any atom is -0.331 e. The third kappa shape index (κ3) is 4.06. The standard InChI is InChI=1S/C23H27FN2O/c24-20-10-8-19(9-11-20)23-21-6-2-1-5-18(21)13-15-26(23)22(27)12-7-17-4-3-14-25-16-17/h1-2,5-6,8-11,17,23,25H,3-4,7,12-16H2/t17-,23-/m0/s1. The van der Waals surface area contributed by atoms with E-state index in [1.54, 1.807) is 0 Å².